The maximum Gasteiger partial charge on any atom is 0.351 e. The van der Waals surface area contributed by atoms with Crippen molar-refractivity contribution in [3.63, 3.8) is 0 Å². The average molecular weight is 389 g/mol. The van der Waals surface area contributed by atoms with Gasteiger partial charge in [0.15, 0.2) is 6.10 Å². The van der Waals surface area contributed by atoms with Crippen LogP contribution in [-0.4, -0.2) is 34.6 Å². The molecule has 8 heteroatoms. The van der Waals surface area contributed by atoms with Crippen molar-refractivity contribution in [2.45, 2.75) is 51.2 Å². The summed E-state index contributed by atoms with van der Waals surface area (Å²) in [4.78, 5) is 37.0. The highest BCUT2D eigenvalue weighted by atomic mass is 32.1. The van der Waals surface area contributed by atoms with E-state index in [1.165, 1.54) is 24.7 Å². The van der Waals surface area contributed by atoms with Crippen molar-refractivity contribution in [3.05, 3.63) is 40.8 Å². The van der Waals surface area contributed by atoms with Crippen molar-refractivity contribution in [1.82, 2.24) is 15.2 Å². The van der Waals surface area contributed by atoms with Gasteiger partial charge in [0.1, 0.15) is 4.88 Å². The molecule has 0 saturated heterocycles. The Balaban J connectivity index is 1.53. The summed E-state index contributed by atoms with van der Waals surface area (Å²) in [6.07, 6.45) is 7.76. The normalized spacial score (nSPS) is 15.7. The Morgan fingerprint density at radius 3 is 2.59 bits per heavy atom. The second kappa shape index (κ2) is 8.85. The molecule has 1 unspecified atom stereocenters. The summed E-state index contributed by atoms with van der Waals surface area (Å²) in [6, 6.07) is 5.07. The molecule has 1 aliphatic carbocycles. The topological polar surface area (TPSA) is 89.4 Å². The first kappa shape index (κ1) is 19.2. The van der Waals surface area contributed by atoms with E-state index < -0.39 is 24.0 Å². The van der Waals surface area contributed by atoms with E-state index in [-0.39, 0.29) is 6.04 Å². The highest BCUT2D eigenvalue weighted by Crippen LogP contribution is 2.23. The van der Waals surface area contributed by atoms with Crippen molar-refractivity contribution in [1.29, 1.82) is 0 Å². The van der Waals surface area contributed by atoms with E-state index >= 15 is 0 Å². The summed E-state index contributed by atoms with van der Waals surface area (Å²) >= 11 is 1.24. The Hall–Kier alpha value is -2.61. The molecular formula is C19H23N3O4S. The third kappa shape index (κ3) is 4.97. The lowest BCUT2D eigenvalue weighted by Gasteiger charge is -2.23. The van der Waals surface area contributed by atoms with E-state index in [0.29, 0.717) is 10.6 Å². The van der Waals surface area contributed by atoms with Gasteiger partial charge in [0.25, 0.3) is 5.91 Å². The third-order valence-electron chi connectivity index (χ3n) is 4.54. The Morgan fingerprint density at radius 2 is 1.89 bits per heavy atom. The molecular weight excluding hydrogens is 366 g/mol. The third-order valence-corrected chi connectivity index (χ3v) is 5.43. The summed E-state index contributed by atoms with van der Waals surface area (Å²) in [7, 11) is 0. The number of hydrogen-bond acceptors (Lipinski definition) is 5. The summed E-state index contributed by atoms with van der Waals surface area (Å²) in [5.74, 6) is -1.24. The standard InChI is InChI=1S/C19H23N3O4S/c1-13(17(23)21-19(25)20-14-7-3-2-4-8-14)26-18(24)16-15(9-12-27-16)22-10-5-6-11-22/h5-6,9-14H,2-4,7-8H2,1H3,(H2,20,21,23,25). The molecule has 0 aromatic carbocycles. The number of carbonyl (C=O) groups is 3. The van der Waals surface area contributed by atoms with Gasteiger partial charge >= 0.3 is 12.0 Å². The molecule has 1 aliphatic rings. The summed E-state index contributed by atoms with van der Waals surface area (Å²) in [5, 5.41) is 6.84. The van der Waals surface area contributed by atoms with Gasteiger partial charge in [-0.05, 0) is 43.3 Å². The van der Waals surface area contributed by atoms with Gasteiger partial charge in [0.2, 0.25) is 0 Å². The second-order valence-electron chi connectivity index (χ2n) is 6.57. The predicted octanol–water partition coefficient (Wildman–Crippen LogP) is 3.24. The second-order valence-corrected chi connectivity index (χ2v) is 7.49. The minimum atomic E-state index is -1.07. The van der Waals surface area contributed by atoms with Gasteiger partial charge < -0.3 is 14.6 Å². The summed E-state index contributed by atoms with van der Waals surface area (Å²) in [5.41, 5.74) is 0.692. The van der Waals surface area contributed by atoms with E-state index in [1.807, 2.05) is 30.6 Å². The number of ether oxygens (including phenoxy) is 1. The zero-order valence-electron chi connectivity index (χ0n) is 15.1. The van der Waals surface area contributed by atoms with Crippen LogP contribution < -0.4 is 10.6 Å². The number of urea groups is 1. The highest BCUT2D eigenvalue weighted by molar-refractivity contribution is 7.12. The number of esters is 1. The summed E-state index contributed by atoms with van der Waals surface area (Å²) < 4.78 is 7.05. The van der Waals surface area contributed by atoms with Gasteiger partial charge in [-0.3, -0.25) is 10.1 Å². The van der Waals surface area contributed by atoms with Crippen molar-refractivity contribution in [2.24, 2.45) is 0 Å². The molecule has 3 rings (SSSR count). The Morgan fingerprint density at radius 1 is 1.19 bits per heavy atom. The van der Waals surface area contributed by atoms with Crippen molar-refractivity contribution in [2.75, 3.05) is 0 Å². The van der Waals surface area contributed by atoms with Crippen molar-refractivity contribution in [3.8, 4) is 5.69 Å². The van der Waals surface area contributed by atoms with Crippen LogP contribution in [0.15, 0.2) is 36.0 Å². The number of thiophene rings is 1. The maximum atomic E-state index is 12.4. The van der Waals surface area contributed by atoms with E-state index in [2.05, 4.69) is 10.6 Å². The molecule has 2 N–H and O–H groups in total. The van der Waals surface area contributed by atoms with Crippen LogP contribution in [0.4, 0.5) is 4.79 Å². The van der Waals surface area contributed by atoms with E-state index in [0.717, 1.165) is 25.7 Å². The molecule has 2 aromatic heterocycles. The molecule has 27 heavy (non-hydrogen) atoms. The number of hydrogen-bond donors (Lipinski definition) is 2. The van der Waals surface area contributed by atoms with Gasteiger partial charge in [0, 0.05) is 18.4 Å². The molecule has 144 valence electrons. The van der Waals surface area contributed by atoms with Crippen LogP contribution in [0, 0.1) is 0 Å². The lowest BCUT2D eigenvalue weighted by molar-refractivity contribution is -0.127. The molecule has 0 bridgehead atoms. The zero-order chi connectivity index (χ0) is 19.2. The average Bonchev–Trinajstić information content (AvgIpc) is 3.33. The number of imide groups is 1. The van der Waals surface area contributed by atoms with Gasteiger partial charge in [-0.2, -0.15) is 0 Å². The number of amides is 3. The van der Waals surface area contributed by atoms with Crippen LogP contribution in [0.2, 0.25) is 0 Å². The van der Waals surface area contributed by atoms with Crippen LogP contribution in [0.5, 0.6) is 0 Å². The van der Waals surface area contributed by atoms with Crippen molar-refractivity contribution < 1.29 is 19.1 Å². The molecule has 1 fully saturated rings. The first-order chi connectivity index (χ1) is 13.0. The van der Waals surface area contributed by atoms with E-state index in [4.69, 9.17) is 4.74 Å². The SMILES string of the molecule is CC(OC(=O)c1sccc1-n1cccc1)C(=O)NC(=O)NC1CCCCC1. The largest absolute Gasteiger partial charge is 0.448 e. The van der Waals surface area contributed by atoms with Crippen LogP contribution in [-0.2, 0) is 9.53 Å². The molecule has 2 aromatic rings. The summed E-state index contributed by atoms with van der Waals surface area (Å²) in [6.45, 7) is 1.45. The fourth-order valence-corrected chi connectivity index (χ4v) is 3.87. The predicted molar refractivity (Wildman–Crippen MR) is 102 cm³/mol. The lowest BCUT2D eigenvalue weighted by atomic mass is 9.96. The molecule has 1 atom stereocenters. The molecule has 7 nitrogen and oxygen atoms in total. The number of rotatable bonds is 5. The molecule has 0 radical (unpaired) electrons. The molecule has 2 heterocycles. The molecule has 0 aliphatic heterocycles. The number of carbonyl (C=O) groups excluding carboxylic acids is 3. The van der Waals surface area contributed by atoms with Gasteiger partial charge in [-0.1, -0.05) is 19.3 Å². The lowest BCUT2D eigenvalue weighted by Crippen LogP contribution is -2.48. The molecule has 1 saturated carbocycles. The number of aromatic nitrogens is 1. The smallest absolute Gasteiger partial charge is 0.351 e. The van der Waals surface area contributed by atoms with E-state index in [9.17, 15) is 14.4 Å². The molecule has 0 spiro atoms. The quantitative estimate of drug-likeness (QED) is 0.768. The van der Waals surface area contributed by atoms with Gasteiger partial charge in [-0.25, -0.2) is 9.59 Å². The van der Waals surface area contributed by atoms with Crippen molar-refractivity contribution >= 4 is 29.2 Å². The fraction of sp³-hybridized carbons (Fsp3) is 0.421. The monoisotopic (exact) mass is 389 g/mol. The zero-order valence-corrected chi connectivity index (χ0v) is 16.0. The Bertz CT molecular complexity index is 794. The number of nitrogens with zero attached hydrogens (tertiary/aromatic N) is 1. The first-order valence-corrected chi connectivity index (χ1v) is 9.95. The van der Waals surface area contributed by atoms with Crippen LogP contribution in [0.3, 0.4) is 0 Å². The van der Waals surface area contributed by atoms with Crippen LogP contribution in [0.1, 0.15) is 48.7 Å². The first-order valence-electron chi connectivity index (χ1n) is 9.08. The van der Waals surface area contributed by atoms with E-state index in [1.54, 1.807) is 9.95 Å². The highest BCUT2D eigenvalue weighted by Gasteiger charge is 2.24. The Labute approximate surface area is 161 Å². The van der Waals surface area contributed by atoms with Crippen LogP contribution in [0.25, 0.3) is 5.69 Å². The van der Waals surface area contributed by atoms with Crippen LogP contribution >= 0.6 is 11.3 Å². The number of nitrogens with one attached hydrogen (secondary N) is 2. The fourth-order valence-electron chi connectivity index (χ4n) is 3.10. The Kier molecular flexibility index (Phi) is 6.28. The minimum Gasteiger partial charge on any atom is -0.448 e. The van der Waals surface area contributed by atoms with Gasteiger partial charge in [0.05, 0.1) is 5.69 Å². The minimum absolute atomic E-state index is 0.0969. The van der Waals surface area contributed by atoms with Gasteiger partial charge in [-0.15, -0.1) is 11.3 Å². The molecule has 3 amide bonds. The maximum absolute atomic E-state index is 12.4.